The van der Waals surface area contributed by atoms with Crippen molar-refractivity contribution in [2.24, 2.45) is 0 Å². The Labute approximate surface area is 435 Å². The largest absolute Gasteiger partial charge is 0.756 e. The van der Waals surface area contributed by atoms with Crippen molar-refractivity contribution < 1.29 is 32.9 Å². The third-order valence-electron chi connectivity index (χ3n) is 13.5. The monoisotopic (exact) mass is 1000 g/mol. The zero-order chi connectivity index (χ0) is 51.3. The quantitative estimate of drug-likeness (QED) is 0.0272. The van der Waals surface area contributed by atoms with Crippen LogP contribution in [0, 0.1) is 0 Å². The van der Waals surface area contributed by atoms with Crippen LogP contribution >= 0.6 is 7.82 Å². The maximum absolute atomic E-state index is 13.0. The number of carbonyl (C=O) groups is 1. The number of nitrogens with one attached hydrogen (secondary N) is 1. The van der Waals surface area contributed by atoms with Crippen LogP contribution in [-0.2, 0) is 18.4 Å². The zero-order valence-corrected chi connectivity index (χ0v) is 47.9. The van der Waals surface area contributed by atoms with Gasteiger partial charge < -0.3 is 28.8 Å². The highest BCUT2D eigenvalue weighted by Crippen LogP contribution is 2.38. The molecule has 0 fully saturated rings. The first-order chi connectivity index (χ1) is 34.0. The van der Waals surface area contributed by atoms with Crippen LogP contribution < -0.4 is 10.2 Å². The first kappa shape index (κ1) is 68.5. The highest BCUT2D eigenvalue weighted by molar-refractivity contribution is 7.45. The molecule has 8 nitrogen and oxygen atoms in total. The van der Waals surface area contributed by atoms with E-state index in [2.05, 4.69) is 55.6 Å². The van der Waals surface area contributed by atoms with Crippen molar-refractivity contribution in [2.45, 2.75) is 296 Å². The van der Waals surface area contributed by atoms with E-state index in [0.29, 0.717) is 17.4 Å². The van der Waals surface area contributed by atoms with Gasteiger partial charge in [-0.1, -0.05) is 268 Å². The molecule has 0 aromatic carbocycles. The normalized spacial score (nSPS) is 14.2. The molecule has 70 heavy (non-hydrogen) atoms. The van der Waals surface area contributed by atoms with E-state index < -0.39 is 20.0 Å². The van der Waals surface area contributed by atoms with Gasteiger partial charge in [0.15, 0.2) is 0 Å². The van der Waals surface area contributed by atoms with E-state index in [9.17, 15) is 19.4 Å². The summed E-state index contributed by atoms with van der Waals surface area (Å²) in [5.74, 6) is -0.197. The minimum atomic E-state index is -4.60. The third-order valence-corrected chi connectivity index (χ3v) is 14.5. The van der Waals surface area contributed by atoms with Crippen molar-refractivity contribution in [3.8, 4) is 0 Å². The molecule has 2 N–H and O–H groups in total. The van der Waals surface area contributed by atoms with Crippen molar-refractivity contribution in [3.63, 3.8) is 0 Å². The molecule has 0 aliphatic heterocycles. The molecule has 0 bridgehead atoms. The van der Waals surface area contributed by atoms with Gasteiger partial charge in [0.1, 0.15) is 13.2 Å². The zero-order valence-electron chi connectivity index (χ0n) is 47.0. The number of amides is 1. The summed E-state index contributed by atoms with van der Waals surface area (Å²) < 4.78 is 23.4. The van der Waals surface area contributed by atoms with Crippen LogP contribution in [0.1, 0.15) is 284 Å². The van der Waals surface area contributed by atoms with Crippen LogP contribution in [0.5, 0.6) is 0 Å². The Hall–Kier alpha value is -1.54. The van der Waals surface area contributed by atoms with Crippen LogP contribution in [-0.4, -0.2) is 68.5 Å². The molecule has 0 aromatic heterocycles. The maximum Gasteiger partial charge on any atom is 0.268 e. The number of nitrogens with zero attached hydrogens (tertiary/aromatic N) is 1. The smallest absolute Gasteiger partial charge is 0.268 e. The van der Waals surface area contributed by atoms with Crippen LogP contribution in [0.3, 0.4) is 0 Å². The molecule has 0 radical (unpaired) electrons. The molecule has 412 valence electrons. The first-order valence-corrected chi connectivity index (χ1v) is 31.5. The standard InChI is InChI=1S/C61H117N2O6P/c1-6-8-10-12-14-16-18-20-22-24-26-28-29-30-31-32-33-35-37-39-41-43-45-47-49-51-53-55-61(65)62-59(58-69-70(66,67)68-57-56-63(3,4)5)60(64)54-52-50-48-46-44-42-40-38-36-34-27-25-23-21-19-17-15-13-11-9-7-2/h18,20,24,26,29-30,52,54,59-60,64H,6-17,19,21-23,25,27-28,31-51,53,55-58H2,1-5H3,(H-,62,65,66,67)/b20-18-,26-24-,30-29-,54-52+. The number of likely N-dealkylation sites (N-methyl/N-ethyl adjacent to an activating group) is 1. The molecule has 0 aromatic rings. The maximum atomic E-state index is 13.0. The molecule has 0 heterocycles. The third kappa shape index (κ3) is 54.2. The molecule has 0 rings (SSSR count). The number of hydrogen-bond acceptors (Lipinski definition) is 6. The van der Waals surface area contributed by atoms with Crippen LogP contribution in [0.15, 0.2) is 48.6 Å². The SMILES string of the molecule is CCCCCCC/C=C\C/C=C\C/C=C\CCCCCCCCCCCCCCC(=O)NC(COP(=O)([O-])OCC[N+](C)(C)C)C(O)/C=C/CCCCCCCCCCCCCCCCCCCCC. The summed E-state index contributed by atoms with van der Waals surface area (Å²) in [5.41, 5.74) is 0. The molecule has 0 spiro atoms. The van der Waals surface area contributed by atoms with Crippen molar-refractivity contribution >= 4 is 13.7 Å². The van der Waals surface area contributed by atoms with Crippen molar-refractivity contribution in [3.05, 3.63) is 48.6 Å². The van der Waals surface area contributed by atoms with Crippen molar-refractivity contribution in [1.29, 1.82) is 0 Å². The predicted octanol–water partition coefficient (Wildman–Crippen LogP) is 17.7. The van der Waals surface area contributed by atoms with E-state index >= 15 is 0 Å². The van der Waals surface area contributed by atoms with Gasteiger partial charge in [-0.3, -0.25) is 9.36 Å². The topological polar surface area (TPSA) is 108 Å². The fourth-order valence-electron chi connectivity index (χ4n) is 8.81. The molecule has 0 saturated carbocycles. The van der Waals surface area contributed by atoms with Crippen LogP contribution in [0.25, 0.3) is 0 Å². The average Bonchev–Trinajstić information content (AvgIpc) is 3.32. The highest BCUT2D eigenvalue weighted by atomic mass is 31.2. The number of aliphatic hydroxyl groups is 1. The molecule has 0 aliphatic carbocycles. The molecular formula is C61H117N2O6P. The van der Waals surface area contributed by atoms with Gasteiger partial charge in [-0.2, -0.15) is 0 Å². The number of phosphoric ester groups is 1. The number of aliphatic hydroxyl groups excluding tert-OH is 1. The second kappa shape index (κ2) is 52.3. The number of rotatable bonds is 55. The molecule has 1 amide bonds. The lowest BCUT2D eigenvalue weighted by Gasteiger charge is -2.29. The molecular weight excluding hydrogens is 888 g/mol. The van der Waals surface area contributed by atoms with Gasteiger partial charge in [0.05, 0.1) is 39.9 Å². The summed E-state index contributed by atoms with van der Waals surface area (Å²) >= 11 is 0. The van der Waals surface area contributed by atoms with Crippen molar-refractivity contribution in [1.82, 2.24) is 5.32 Å². The fraction of sp³-hybridized carbons (Fsp3) is 0.852. The molecule has 9 heteroatoms. The number of hydrogen-bond donors (Lipinski definition) is 2. The predicted molar refractivity (Wildman–Crippen MR) is 302 cm³/mol. The molecule has 3 atom stereocenters. The lowest BCUT2D eigenvalue weighted by Crippen LogP contribution is -2.45. The van der Waals surface area contributed by atoms with Crippen LogP contribution in [0.2, 0.25) is 0 Å². The van der Waals surface area contributed by atoms with Gasteiger partial charge >= 0.3 is 0 Å². The Balaban J connectivity index is 4.19. The van der Waals surface area contributed by atoms with Gasteiger partial charge in [-0.15, -0.1) is 0 Å². The number of unbranched alkanes of at least 4 members (excludes halogenated alkanes) is 36. The van der Waals surface area contributed by atoms with E-state index in [0.717, 1.165) is 51.4 Å². The van der Waals surface area contributed by atoms with E-state index in [1.54, 1.807) is 6.08 Å². The number of allylic oxidation sites excluding steroid dienone is 7. The second-order valence-corrected chi connectivity index (χ2v) is 23.1. The van der Waals surface area contributed by atoms with Gasteiger partial charge in [-0.25, -0.2) is 0 Å². The van der Waals surface area contributed by atoms with E-state index in [1.165, 1.54) is 212 Å². The summed E-state index contributed by atoms with van der Waals surface area (Å²) in [6, 6.07) is -0.889. The minimum Gasteiger partial charge on any atom is -0.756 e. The lowest BCUT2D eigenvalue weighted by molar-refractivity contribution is -0.870. The van der Waals surface area contributed by atoms with Gasteiger partial charge in [0.2, 0.25) is 5.91 Å². The van der Waals surface area contributed by atoms with Gasteiger partial charge in [0, 0.05) is 6.42 Å². The Morgan fingerprint density at radius 3 is 1.20 bits per heavy atom. The first-order valence-electron chi connectivity index (χ1n) is 30.0. The second-order valence-electron chi connectivity index (χ2n) is 21.7. The highest BCUT2D eigenvalue weighted by Gasteiger charge is 2.23. The van der Waals surface area contributed by atoms with Gasteiger partial charge in [0.25, 0.3) is 7.82 Å². The summed E-state index contributed by atoms with van der Waals surface area (Å²) in [7, 11) is 1.27. The number of carbonyl (C=O) groups excluding carboxylic acids is 1. The van der Waals surface area contributed by atoms with E-state index in [4.69, 9.17) is 9.05 Å². The fourth-order valence-corrected chi connectivity index (χ4v) is 9.53. The van der Waals surface area contributed by atoms with E-state index in [-0.39, 0.29) is 19.1 Å². The molecule has 3 unspecified atom stereocenters. The number of quaternary nitrogens is 1. The minimum absolute atomic E-state index is 0.00158. The Morgan fingerprint density at radius 1 is 0.500 bits per heavy atom. The summed E-state index contributed by atoms with van der Waals surface area (Å²) in [6.45, 7) is 4.67. The summed E-state index contributed by atoms with van der Waals surface area (Å²) in [4.78, 5) is 25.5. The van der Waals surface area contributed by atoms with Crippen LogP contribution in [0.4, 0.5) is 0 Å². The summed E-state index contributed by atoms with van der Waals surface area (Å²) in [6.07, 6.45) is 69.0. The Kier molecular flexibility index (Phi) is 51.2. The number of phosphoric acid groups is 1. The van der Waals surface area contributed by atoms with Crippen molar-refractivity contribution in [2.75, 3.05) is 40.9 Å². The lowest BCUT2D eigenvalue weighted by atomic mass is 10.0. The molecule has 0 saturated heterocycles. The summed E-state index contributed by atoms with van der Waals surface area (Å²) in [5, 5.41) is 13.9. The Bertz CT molecular complexity index is 1280. The average molecular weight is 1010 g/mol. The molecule has 0 aliphatic rings. The van der Waals surface area contributed by atoms with E-state index in [1.807, 2.05) is 27.2 Å². The van der Waals surface area contributed by atoms with Gasteiger partial charge in [-0.05, 0) is 57.8 Å². The Morgan fingerprint density at radius 2 is 0.829 bits per heavy atom.